The van der Waals surface area contributed by atoms with Gasteiger partial charge in [0.25, 0.3) is 0 Å². The molecular formula is C62H62. The third-order valence-corrected chi connectivity index (χ3v) is 14.3. The van der Waals surface area contributed by atoms with E-state index < -0.39 is 0 Å². The molecule has 0 radical (unpaired) electrons. The molecular weight excluding hydrogens is 745 g/mol. The van der Waals surface area contributed by atoms with E-state index in [0.29, 0.717) is 0 Å². The normalized spacial score (nSPS) is 11.4. The highest BCUT2D eigenvalue weighted by molar-refractivity contribution is 5.99. The first-order valence-corrected chi connectivity index (χ1v) is 22.3. The van der Waals surface area contributed by atoms with Gasteiger partial charge in [-0.3, -0.25) is 0 Å². The summed E-state index contributed by atoms with van der Waals surface area (Å²) < 4.78 is 0. The lowest BCUT2D eigenvalue weighted by atomic mass is 9.81. The number of benzene rings is 8. The van der Waals surface area contributed by atoms with Crippen molar-refractivity contribution in [2.45, 2.75) is 96.9 Å². The molecule has 0 aromatic heterocycles. The molecule has 0 N–H and O–H groups in total. The van der Waals surface area contributed by atoms with Crippen LogP contribution in [0, 0.1) is 96.9 Å². The summed E-state index contributed by atoms with van der Waals surface area (Å²) in [5.74, 6) is 0. The Kier molecular flexibility index (Phi) is 11.3. The number of hydrogen-bond acceptors (Lipinski definition) is 0. The predicted molar refractivity (Wildman–Crippen MR) is 271 cm³/mol. The van der Waals surface area contributed by atoms with Gasteiger partial charge in [-0.25, -0.2) is 0 Å². The SMILES string of the molecule is Cc1cc(-c2cc(-c3cc(-c4ccccc4)cc(-c4cc(C)c(-c5cc(C)c(C)c(C)c5)c(C)c4)c3)cc(-c3cc(C)c(C)c(C)c3)c2-c2cc(C)c(C)c(C)c2)cc(C)c1C. The van der Waals surface area contributed by atoms with Crippen molar-refractivity contribution in [2.75, 3.05) is 0 Å². The van der Waals surface area contributed by atoms with Crippen LogP contribution in [0.3, 0.4) is 0 Å². The average molecular weight is 807 g/mol. The second kappa shape index (κ2) is 16.6. The van der Waals surface area contributed by atoms with Crippen molar-refractivity contribution in [1.82, 2.24) is 0 Å². The first-order valence-electron chi connectivity index (χ1n) is 22.3. The highest BCUT2D eigenvalue weighted by Crippen LogP contribution is 2.47. The molecule has 8 rings (SSSR count). The van der Waals surface area contributed by atoms with Gasteiger partial charge < -0.3 is 0 Å². The maximum Gasteiger partial charge on any atom is -0.00262 e. The van der Waals surface area contributed by atoms with E-state index >= 15 is 0 Å². The van der Waals surface area contributed by atoms with E-state index in [1.807, 2.05) is 0 Å². The molecule has 0 unspecified atom stereocenters. The minimum Gasteiger partial charge on any atom is -0.0622 e. The fourth-order valence-corrected chi connectivity index (χ4v) is 9.66. The van der Waals surface area contributed by atoms with E-state index in [1.165, 1.54) is 156 Å². The molecule has 8 aromatic carbocycles. The van der Waals surface area contributed by atoms with Crippen LogP contribution in [0.5, 0.6) is 0 Å². The van der Waals surface area contributed by atoms with Crippen molar-refractivity contribution in [3.8, 4) is 77.9 Å². The molecule has 0 amide bonds. The Bertz CT molecular complexity index is 2880. The highest BCUT2D eigenvalue weighted by Gasteiger charge is 2.21. The van der Waals surface area contributed by atoms with Crippen molar-refractivity contribution >= 4 is 0 Å². The van der Waals surface area contributed by atoms with Gasteiger partial charge in [-0.05, 0) is 283 Å². The summed E-state index contributed by atoms with van der Waals surface area (Å²) >= 11 is 0. The zero-order valence-corrected chi connectivity index (χ0v) is 39.5. The van der Waals surface area contributed by atoms with Gasteiger partial charge in [0.05, 0.1) is 0 Å². The predicted octanol–water partition coefficient (Wildman–Crippen LogP) is 17.7. The van der Waals surface area contributed by atoms with Gasteiger partial charge in [0.1, 0.15) is 0 Å². The summed E-state index contributed by atoms with van der Waals surface area (Å²) in [5.41, 5.74) is 36.1. The van der Waals surface area contributed by atoms with Crippen molar-refractivity contribution in [1.29, 1.82) is 0 Å². The van der Waals surface area contributed by atoms with Gasteiger partial charge in [0.15, 0.2) is 0 Å². The molecule has 8 aromatic rings. The second-order valence-electron chi connectivity index (χ2n) is 18.5. The summed E-state index contributed by atoms with van der Waals surface area (Å²) in [7, 11) is 0. The highest BCUT2D eigenvalue weighted by atomic mass is 14.3. The summed E-state index contributed by atoms with van der Waals surface area (Å²) in [6.45, 7) is 31.5. The lowest BCUT2D eigenvalue weighted by Crippen LogP contribution is -1.98. The van der Waals surface area contributed by atoms with E-state index in [0.717, 1.165) is 0 Å². The number of rotatable bonds is 7. The quantitative estimate of drug-likeness (QED) is 0.150. The molecule has 0 aliphatic heterocycles. The fraction of sp³-hybridized carbons (Fsp3) is 0.226. The lowest BCUT2D eigenvalue weighted by molar-refractivity contribution is 1.26. The van der Waals surface area contributed by atoms with Crippen LogP contribution >= 0.6 is 0 Å². The summed E-state index contributed by atoms with van der Waals surface area (Å²) in [4.78, 5) is 0. The standard InChI is InChI=1S/C62H62/c1-35-20-55(21-36(2)45(35)11)59-33-54(34-60(56-22-37(3)46(12)38(4)23-56)62(59)58-26-41(7)48(14)42(8)27-58)53-31-51(49-18-16-15-17-19-49)30-52(32-53)50-28-43(9)61(44(10)29-50)57-24-39(5)47(13)40(6)25-57/h15-34H,1-14H3. The van der Waals surface area contributed by atoms with Crippen LogP contribution in [0.15, 0.2) is 121 Å². The molecule has 310 valence electrons. The molecule has 0 saturated heterocycles. The van der Waals surface area contributed by atoms with Crippen molar-refractivity contribution in [3.63, 3.8) is 0 Å². The van der Waals surface area contributed by atoms with Gasteiger partial charge in [-0.2, -0.15) is 0 Å². The minimum absolute atomic E-state index is 1.21. The van der Waals surface area contributed by atoms with Crippen LogP contribution < -0.4 is 0 Å². The largest absolute Gasteiger partial charge is 0.0622 e. The number of hydrogen-bond donors (Lipinski definition) is 0. The van der Waals surface area contributed by atoms with Gasteiger partial charge in [0.2, 0.25) is 0 Å². The van der Waals surface area contributed by atoms with E-state index in [2.05, 4.69) is 218 Å². The lowest BCUT2D eigenvalue weighted by Gasteiger charge is -2.23. The fourth-order valence-electron chi connectivity index (χ4n) is 9.66. The van der Waals surface area contributed by atoms with Crippen LogP contribution in [0.4, 0.5) is 0 Å². The molecule has 0 aliphatic rings. The van der Waals surface area contributed by atoms with Gasteiger partial charge >= 0.3 is 0 Å². The molecule has 0 saturated carbocycles. The van der Waals surface area contributed by atoms with Crippen molar-refractivity contribution in [3.05, 3.63) is 199 Å². The zero-order valence-electron chi connectivity index (χ0n) is 39.5. The van der Waals surface area contributed by atoms with Crippen LogP contribution in [0.25, 0.3) is 77.9 Å². The first kappa shape index (κ1) is 42.5. The Morgan fingerprint density at radius 3 is 0.806 bits per heavy atom. The smallest absolute Gasteiger partial charge is 0.00262 e. The van der Waals surface area contributed by atoms with Crippen LogP contribution in [0.1, 0.15) is 77.9 Å². The van der Waals surface area contributed by atoms with Gasteiger partial charge in [-0.1, -0.05) is 91.0 Å². The molecule has 0 nitrogen and oxygen atoms in total. The van der Waals surface area contributed by atoms with Crippen molar-refractivity contribution in [2.24, 2.45) is 0 Å². The average Bonchev–Trinajstić information content (AvgIpc) is 3.24. The zero-order chi connectivity index (χ0) is 44.3. The maximum atomic E-state index is 2.48. The molecule has 0 spiro atoms. The third-order valence-electron chi connectivity index (χ3n) is 14.3. The Morgan fingerprint density at radius 1 is 0.194 bits per heavy atom. The van der Waals surface area contributed by atoms with Crippen molar-refractivity contribution < 1.29 is 0 Å². The Morgan fingerprint density at radius 2 is 0.452 bits per heavy atom. The second-order valence-corrected chi connectivity index (χ2v) is 18.5. The molecule has 0 heterocycles. The third kappa shape index (κ3) is 7.89. The van der Waals surface area contributed by atoms with Crippen LogP contribution in [-0.2, 0) is 0 Å². The maximum absolute atomic E-state index is 2.48. The monoisotopic (exact) mass is 806 g/mol. The molecule has 0 fully saturated rings. The Hall–Kier alpha value is -6.24. The minimum atomic E-state index is 1.21. The van der Waals surface area contributed by atoms with Gasteiger partial charge in [-0.15, -0.1) is 0 Å². The summed E-state index contributed by atoms with van der Waals surface area (Å²) in [6.07, 6.45) is 0. The topological polar surface area (TPSA) is 0 Å². The first-order chi connectivity index (χ1) is 29.5. The van der Waals surface area contributed by atoms with E-state index in [9.17, 15) is 0 Å². The van der Waals surface area contributed by atoms with E-state index in [1.54, 1.807) is 0 Å². The van der Waals surface area contributed by atoms with Crippen LogP contribution in [-0.4, -0.2) is 0 Å². The molecule has 62 heavy (non-hydrogen) atoms. The van der Waals surface area contributed by atoms with Crippen LogP contribution in [0.2, 0.25) is 0 Å². The van der Waals surface area contributed by atoms with E-state index in [4.69, 9.17) is 0 Å². The molecule has 0 heteroatoms. The van der Waals surface area contributed by atoms with Gasteiger partial charge in [0, 0.05) is 0 Å². The molecule has 0 bridgehead atoms. The summed E-state index contributed by atoms with van der Waals surface area (Å²) in [6, 6.07) is 47.0. The summed E-state index contributed by atoms with van der Waals surface area (Å²) in [5, 5.41) is 0. The van der Waals surface area contributed by atoms with E-state index in [-0.39, 0.29) is 0 Å². The number of aryl methyl sites for hydroxylation is 10. The molecule has 0 atom stereocenters. The molecule has 0 aliphatic carbocycles. The Labute approximate surface area is 372 Å². The Balaban J connectivity index is 1.45.